The fraction of sp³-hybridized carbons (Fsp3) is 0.0588. The summed E-state index contributed by atoms with van der Waals surface area (Å²) in [4.78, 5) is 25.2. The molecule has 0 atom stereocenters. The molecule has 0 aromatic heterocycles. The third kappa shape index (κ3) is 2.92. The third-order valence-corrected chi connectivity index (χ3v) is 4.04. The Balaban J connectivity index is 2.06. The number of anilines is 1. The van der Waals surface area contributed by atoms with E-state index in [-0.39, 0.29) is 5.56 Å². The van der Waals surface area contributed by atoms with Crippen molar-refractivity contribution in [3.05, 3.63) is 70.2 Å². The van der Waals surface area contributed by atoms with E-state index in [4.69, 9.17) is 11.6 Å². The van der Waals surface area contributed by atoms with E-state index in [1.54, 1.807) is 0 Å². The van der Waals surface area contributed by atoms with Crippen LogP contribution in [0.2, 0.25) is 5.02 Å². The zero-order valence-corrected chi connectivity index (χ0v) is 13.4. The molecule has 0 saturated carbocycles. The van der Waals surface area contributed by atoms with Crippen LogP contribution in [0.15, 0.2) is 48.2 Å². The van der Waals surface area contributed by atoms with Crippen LogP contribution in [-0.2, 0) is 15.8 Å². The number of halogens is 5. The number of aliphatic hydroxyl groups is 1. The van der Waals surface area contributed by atoms with Gasteiger partial charge in [-0.05, 0) is 35.9 Å². The number of carbonyl (C=O) groups excluding carboxylic acids is 2. The SMILES string of the molecule is O=C1C(O)=C(c2ccc(F)cc2)C(=O)N1c1ccc(Cl)c(C(F)(F)F)c1. The fourth-order valence-electron chi connectivity index (χ4n) is 2.50. The second kappa shape index (κ2) is 6.14. The van der Waals surface area contributed by atoms with Gasteiger partial charge in [-0.15, -0.1) is 0 Å². The first-order valence-corrected chi connectivity index (χ1v) is 7.43. The quantitative estimate of drug-likeness (QED) is 0.618. The molecule has 3 rings (SSSR count). The number of nitrogens with zero attached hydrogens (tertiary/aromatic N) is 1. The summed E-state index contributed by atoms with van der Waals surface area (Å²) in [6.07, 6.45) is -4.80. The first kappa shape index (κ1) is 17.9. The van der Waals surface area contributed by atoms with Crippen molar-refractivity contribution >= 4 is 34.7 Å². The van der Waals surface area contributed by atoms with E-state index >= 15 is 0 Å². The minimum absolute atomic E-state index is 0.0507. The molecule has 0 aliphatic carbocycles. The Labute approximate surface area is 148 Å². The van der Waals surface area contributed by atoms with Crippen molar-refractivity contribution in [3.63, 3.8) is 0 Å². The number of alkyl halides is 3. The highest BCUT2D eigenvalue weighted by Crippen LogP contribution is 2.39. The molecule has 0 bridgehead atoms. The maximum atomic E-state index is 13.0. The third-order valence-electron chi connectivity index (χ3n) is 3.71. The van der Waals surface area contributed by atoms with Crippen LogP contribution in [0.4, 0.5) is 23.2 Å². The first-order valence-electron chi connectivity index (χ1n) is 7.06. The molecule has 0 saturated heterocycles. The summed E-state index contributed by atoms with van der Waals surface area (Å²) in [5.74, 6) is -3.76. The molecule has 1 N–H and O–H groups in total. The average molecular weight is 386 g/mol. The zero-order valence-electron chi connectivity index (χ0n) is 12.6. The fourth-order valence-corrected chi connectivity index (χ4v) is 2.72. The van der Waals surface area contributed by atoms with Crippen LogP contribution in [-0.4, -0.2) is 16.9 Å². The highest BCUT2D eigenvalue weighted by Gasteiger charge is 2.41. The van der Waals surface area contributed by atoms with Gasteiger partial charge < -0.3 is 5.11 Å². The molecule has 1 aliphatic rings. The number of aliphatic hydroxyl groups excluding tert-OH is 1. The maximum absolute atomic E-state index is 13.0. The summed E-state index contributed by atoms with van der Waals surface area (Å²) in [6, 6.07) is 6.85. The van der Waals surface area contributed by atoms with E-state index in [1.165, 1.54) is 12.1 Å². The molecule has 2 amide bonds. The first-order chi connectivity index (χ1) is 12.1. The Kier molecular flexibility index (Phi) is 4.23. The standard InChI is InChI=1S/C17H8ClF4NO3/c18-12-6-5-10(7-11(12)17(20,21)22)23-15(25)13(14(24)16(23)26)8-1-3-9(19)4-2-8/h1-7,24H. The van der Waals surface area contributed by atoms with Gasteiger partial charge in [-0.3, -0.25) is 9.59 Å². The van der Waals surface area contributed by atoms with Crippen molar-refractivity contribution in [1.29, 1.82) is 0 Å². The van der Waals surface area contributed by atoms with Gasteiger partial charge in [0.15, 0.2) is 5.76 Å². The van der Waals surface area contributed by atoms with Gasteiger partial charge >= 0.3 is 12.1 Å². The second-order valence-corrected chi connectivity index (χ2v) is 5.75. The van der Waals surface area contributed by atoms with Crippen molar-refractivity contribution in [1.82, 2.24) is 0 Å². The molecule has 0 fully saturated rings. The monoisotopic (exact) mass is 385 g/mol. The van der Waals surface area contributed by atoms with Gasteiger partial charge in [0.05, 0.1) is 21.8 Å². The number of rotatable bonds is 2. The van der Waals surface area contributed by atoms with Crippen LogP contribution in [0, 0.1) is 5.82 Å². The molecule has 26 heavy (non-hydrogen) atoms. The highest BCUT2D eigenvalue weighted by atomic mass is 35.5. The van der Waals surface area contributed by atoms with Crippen molar-refractivity contribution in [2.45, 2.75) is 6.18 Å². The Morgan fingerprint density at radius 3 is 2.15 bits per heavy atom. The lowest BCUT2D eigenvalue weighted by molar-refractivity contribution is -0.137. The van der Waals surface area contributed by atoms with E-state index in [0.717, 1.165) is 24.3 Å². The Morgan fingerprint density at radius 1 is 0.962 bits per heavy atom. The lowest BCUT2D eigenvalue weighted by Gasteiger charge is -2.17. The Bertz CT molecular complexity index is 951. The lowest BCUT2D eigenvalue weighted by atomic mass is 10.1. The van der Waals surface area contributed by atoms with Crippen molar-refractivity contribution < 1.29 is 32.3 Å². The van der Waals surface area contributed by atoms with E-state index in [1.807, 2.05) is 0 Å². The van der Waals surface area contributed by atoms with Crippen LogP contribution in [0.25, 0.3) is 5.57 Å². The highest BCUT2D eigenvalue weighted by molar-refractivity contribution is 6.45. The molecular formula is C17H8ClF4NO3. The summed E-state index contributed by atoms with van der Waals surface area (Å²) in [5, 5.41) is 9.39. The van der Waals surface area contributed by atoms with Crippen molar-refractivity contribution in [3.8, 4) is 0 Å². The molecule has 134 valence electrons. The Morgan fingerprint density at radius 2 is 1.58 bits per heavy atom. The zero-order chi connectivity index (χ0) is 19.2. The van der Waals surface area contributed by atoms with Gasteiger partial charge in [-0.2, -0.15) is 13.2 Å². The normalized spacial score (nSPS) is 15.2. The van der Waals surface area contributed by atoms with E-state index < -0.39 is 51.4 Å². The van der Waals surface area contributed by atoms with Crippen LogP contribution >= 0.6 is 11.6 Å². The van der Waals surface area contributed by atoms with Gasteiger partial charge in [0, 0.05) is 0 Å². The lowest BCUT2D eigenvalue weighted by Crippen LogP contribution is -2.31. The number of hydrogen-bond acceptors (Lipinski definition) is 3. The summed E-state index contributed by atoms with van der Waals surface area (Å²) in [5.41, 5.74) is -2.01. The topological polar surface area (TPSA) is 57.6 Å². The molecule has 2 aromatic carbocycles. The second-order valence-electron chi connectivity index (χ2n) is 5.34. The minimum atomic E-state index is -4.80. The number of amides is 2. The van der Waals surface area contributed by atoms with Gasteiger partial charge in [0.25, 0.3) is 5.91 Å². The summed E-state index contributed by atoms with van der Waals surface area (Å²) in [6.45, 7) is 0. The van der Waals surface area contributed by atoms with Crippen LogP contribution in [0.3, 0.4) is 0 Å². The van der Waals surface area contributed by atoms with Crippen LogP contribution in [0.1, 0.15) is 11.1 Å². The molecule has 9 heteroatoms. The molecule has 0 radical (unpaired) electrons. The molecule has 0 spiro atoms. The molecular weight excluding hydrogens is 378 g/mol. The van der Waals surface area contributed by atoms with Crippen molar-refractivity contribution in [2.24, 2.45) is 0 Å². The largest absolute Gasteiger partial charge is 0.502 e. The van der Waals surface area contributed by atoms with E-state index in [2.05, 4.69) is 0 Å². The number of hydrogen-bond donors (Lipinski definition) is 1. The van der Waals surface area contributed by atoms with Crippen LogP contribution in [0.5, 0.6) is 0 Å². The number of benzene rings is 2. The van der Waals surface area contributed by atoms with Gasteiger partial charge in [-0.1, -0.05) is 23.7 Å². The van der Waals surface area contributed by atoms with Gasteiger partial charge in [0.2, 0.25) is 0 Å². The number of carbonyl (C=O) groups is 2. The summed E-state index contributed by atoms with van der Waals surface area (Å²) in [7, 11) is 0. The maximum Gasteiger partial charge on any atom is 0.417 e. The summed E-state index contributed by atoms with van der Waals surface area (Å²) < 4.78 is 52.0. The average Bonchev–Trinajstić information content (AvgIpc) is 2.78. The van der Waals surface area contributed by atoms with Gasteiger partial charge in [-0.25, -0.2) is 9.29 Å². The van der Waals surface area contributed by atoms with Gasteiger partial charge in [0.1, 0.15) is 5.82 Å². The Hall–Kier alpha value is -2.87. The minimum Gasteiger partial charge on any atom is -0.502 e. The molecule has 1 aliphatic heterocycles. The van der Waals surface area contributed by atoms with Crippen molar-refractivity contribution in [2.75, 3.05) is 4.90 Å². The van der Waals surface area contributed by atoms with E-state index in [9.17, 15) is 32.3 Å². The smallest absolute Gasteiger partial charge is 0.417 e. The van der Waals surface area contributed by atoms with Crippen LogP contribution < -0.4 is 4.90 Å². The molecule has 1 heterocycles. The predicted molar refractivity (Wildman–Crippen MR) is 84.9 cm³/mol. The molecule has 2 aromatic rings. The number of imide groups is 1. The predicted octanol–water partition coefficient (Wildman–Crippen LogP) is 4.34. The summed E-state index contributed by atoms with van der Waals surface area (Å²) >= 11 is 5.52. The van der Waals surface area contributed by atoms with E-state index in [0.29, 0.717) is 11.0 Å². The molecule has 0 unspecified atom stereocenters. The molecule has 4 nitrogen and oxygen atoms in total.